The average Bonchev–Trinajstić information content (AvgIpc) is 3.08. The van der Waals surface area contributed by atoms with E-state index < -0.39 is 0 Å². The molecule has 0 amide bonds. The summed E-state index contributed by atoms with van der Waals surface area (Å²) in [4.78, 5) is 0. The molecule has 1 fully saturated rings. The first-order valence-corrected chi connectivity index (χ1v) is 8.60. The SMILES string of the molecule is CCCCOc1ccc(/C=N\NC(=S)NC[C@@H]2CCCO2)cc1. The fourth-order valence-electron chi connectivity index (χ4n) is 2.20. The quantitative estimate of drug-likeness (QED) is 0.331. The maximum Gasteiger partial charge on any atom is 0.187 e. The van der Waals surface area contributed by atoms with Gasteiger partial charge < -0.3 is 14.8 Å². The summed E-state index contributed by atoms with van der Waals surface area (Å²) in [5.74, 6) is 0.886. The molecule has 1 saturated heterocycles. The molecule has 126 valence electrons. The number of benzene rings is 1. The Morgan fingerprint density at radius 3 is 2.96 bits per heavy atom. The highest BCUT2D eigenvalue weighted by molar-refractivity contribution is 7.80. The number of ether oxygens (including phenoxy) is 2. The lowest BCUT2D eigenvalue weighted by Crippen LogP contribution is -2.37. The first-order valence-electron chi connectivity index (χ1n) is 8.19. The van der Waals surface area contributed by atoms with E-state index in [1.807, 2.05) is 24.3 Å². The van der Waals surface area contributed by atoms with Crippen molar-refractivity contribution in [3.05, 3.63) is 29.8 Å². The number of nitrogens with one attached hydrogen (secondary N) is 2. The van der Waals surface area contributed by atoms with Crippen LogP contribution in [0.4, 0.5) is 0 Å². The lowest BCUT2D eigenvalue weighted by atomic mass is 10.2. The molecule has 0 spiro atoms. The lowest BCUT2D eigenvalue weighted by molar-refractivity contribution is 0.114. The Labute approximate surface area is 143 Å². The van der Waals surface area contributed by atoms with Gasteiger partial charge in [-0.2, -0.15) is 5.10 Å². The Morgan fingerprint density at radius 2 is 2.26 bits per heavy atom. The molecule has 1 aromatic rings. The van der Waals surface area contributed by atoms with E-state index in [1.54, 1.807) is 6.21 Å². The molecule has 0 saturated carbocycles. The van der Waals surface area contributed by atoms with Crippen LogP contribution in [-0.4, -0.2) is 37.2 Å². The maximum atomic E-state index is 5.62. The normalized spacial score (nSPS) is 17.3. The highest BCUT2D eigenvalue weighted by Crippen LogP contribution is 2.12. The molecular weight excluding hydrogens is 310 g/mol. The van der Waals surface area contributed by atoms with E-state index in [2.05, 4.69) is 22.8 Å². The smallest absolute Gasteiger partial charge is 0.187 e. The van der Waals surface area contributed by atoms with Crippen LogP contribution in [0.15, 0.2) is 29.4 Å². The minimum absolute atomic E-state index is 0.263. The highest BCUT2D eigenvalue weighted by Gasteiger charge is 2.14. The van der Waals surface area contributed by atoms with Crippen LogP contribution in [0.1, 0.15) is 38.2 Å². The van der Waals surface area contributed by atoms with E-state index >= 15 is 0 Å². The molecule has 2 rings (SSSR count). The van der Waals surface area contributed by atoms with Crippen molar-refractivity contribution >= 4 is 23.5 Å². The standard InChI is InChI=1S/C17H25N3O2S/c1-2-3-10-21-15-8-6-14(7-9-15)12-19-20-17(23)18-13-16-5-4-11-22-16/h6-9,12,16H,2-5,10-11,13H2,1H3,(H2,18,20,23)/b19-12-/t16-/m0/s1. The van der Waals surface area contributed by atoms with Crippen molar-refractivity contribution in [1.82, 2.24) is 10.7 Å². The number of rotatable bonds is 8. The van der Waals surface area contributed by atoms with Crippen LogP contribution in [0.2, 0.25) is 0 Å². The molecule has 1 atom stereocenters. The van der Waals surface area contributed by atoms with Gasteiger partial charge >= 0.3 is 0 Å². The summed E-state index contributed by atoms with van der Waals surface area (Å²) in [5.41, 5.74) is 3.80. The van der Waals surface area contributed by atoms with Crippen LogP contribution in [0.25, 0.3) is 0 Å². The van der Waals surface area contributed by atoms with Crippen molar-refractivity contribution in [2.45, 2.75) is 38.7 Å². The van der Waals surface area contributed by atoms with Crippen molar-refractivity contribution < 1.29 is 9.47 Å². The van der Waals surface area contributed by atoms with Crippen LogP contribution in [0.5, 0.6) is 5.75 Å². The van der Waals surface area contributed by atoms with Crippen LogP contribution >= 0.6 is 12.2 Å². The van der Waals surface area contributed by atoms with Crippen molar-refractivity contribution in [2.75, 3.05) is 19.8 Å². The largest absolute Gasteiger partial charge is 0.494 e. The van der Waals surface area contributed by atoms with E-state index in [4.69, 9.17) is 21.7 Å². The predicted molar refractivity (Wildman–Crippen MR) is 97.1 cm³/mol. The summed E-state index contributed by atoms with van der Waals surface area (Å²) >= 11 is 5.17. The molecule has 0 unspecified atom stereocenters. The van der Waals surface area contributed by atoms with E-state index in [-0.39, 0.29) is 6.10 Å². The molecule has 6 heteroatoms. The molecule has 23 heavy (non-hydrogen) atoms. The molecule has 1 aliphatic rings. The second-order valence-corrected chi connectivity index (χ2v) is 5.89. The number of hydrazone groups is 1. The molecule has 0 aliphatic carbocycles. The summed E-state index contributed by atoms with van der Waals surface area (Å²) < 4.78 is 11.1. The van der Waals surface area contributed by atoms with Gasteiger partial charge in [0, 0.05) is 13.2 Å². The van der Waals surface area contributed by atoms with Crippen LogP contribution < -0.4 is 15.5 Å². The Kier molecular flexibility index (Phi) is 7.83. The third-order valence-corrected chi connectivity index (χ3v) is 3.78. The van der Waals surface area contributed by atoms with E-state index in [9.17, 15) is 0 Å². The number of nitrogens with zero attached hydrogens (tertiary/aromatic N) is 1. The fourth-order valence-corrected chi connectivity index (χ4v) is 2.34. The molecule has 1 aliphatic heterocycles. The second kappa shape index (κ2) is 10.2. The summed E-state index contributed by atoms with van der Waals surface area (Å²) in [6.07, 6.45) is 6.42. The van der Waals surface area contributed by atoms with Gasteiger partial charge in [0.25, 0.3) is 0 Å². The van der Waals surface area contributed by atoms with Gasteiger partial charge in [0.15, 0.2) is 5.11 Å². The van der Waals surface area contributed by atoms with Gasteiger partial charge in [0.2, 0.25) is 0 Å². The van der Waals surface area contributed by atoms with Crippen molar-refractivity contribution in [3.8, 4) is 5.75 Å². The minimum Gasteiger partial charge on any atom is -0.494 e. The van der Waals surface area contributed by atoms with Crippen molar-refractivity contribution in [3.63, 3.8) is 0 Å². The zero-order valence-corrected chi connectivity index (χ0v) is 14.4. The molecular formula is C17H25N3O2S. The molecule has 1 aromatic carbocycles. The van der Waals surface area contributed by atoms with E-state index in [0.29, 0.717) is 5.11 Å². The Balaban J connectivity index is 1.66. The Bertz CT molecular complexity index is 499. The molecule has 0 radical (unpaired) electrons. The average molecular weight is 335 g/mol. The zero-order valence-electron chi connectivity index (χ0n) is 13.6. The Hall–Kier alpha value is -1.66. The van der Waals surface area contributed by atoms with Crippen LogP contribution in [-0.2, 0) is 4.74 Å². The fraction of sp³-hybridized carbons (Fsp3) is 0.529. The monoisotopic (exact) mass is 335 g/mol. The van der Waals surface area contributed by atoms with Gasteiger partial charge in [-0.3, -0.25) is 5.43 Å². The van der Waals surface area contributed by atoms with Crippen LogP contribution in [0.3, 0.4) is 0 Å². The minimum atomic E-state index is 0.263. The Morgan fingerprint density at radius 1 is 1.43 bits per heavy atom. The van der Waals surface area contributed by atoms with Gasteiger partial charge in [-0.15, -0.1) is 0 Å². The van der Waals surface area contributed by atoms with Crippen molar-refractivity contribution in [1.29, 1.82) is 0 Å². The van der Waals surface area contributed by atoms with Gasteiger partial charge in [-0.25, -0.2) is 0 Å². The number of hydrogen-bond acceptors (Lipinski definition) is 4. The number of thiocarbonyl (C=S) groups is 1. The van der Waals surface area contributed by atoms with E-state index in [1.165, 1.54) is 0 Å². The summed E-state index contributed by atoms with van der Waals surface area (Å²) in [7, 11) is 0. The first kappa shape index (κ1) is 17.7. The summed E-state index contributed by atoms with van der Waals surface area (Å²) in [6, 6.07) is 7.83. The van der Waals surface area contributed by atoms with Gasteiger partial charge in [0.1, 0.15) is 5.75 Å². The van der Waals surface area contributed by atoms with Gasteiger partial charge in [-0.1, -0.05) is 13.3 Å². The third kappa shape index (κ3) is 6.97. The molecule has 0 aromatic heterocycles. The van der Waals surface area contributed by atoms with Gasteiger partial charge in [0.05, 0.1) is 18.9 Å². The van der Waals surface area contributed by atoms with E-state index in [0.717, 1.165) is 56.8 Å². The summed E-state index contributed by atoms with van der Waals surface area (Å²) in [6.45, 7) is 4.49. The van der Waals surface area contributed by atoms with Gasteiger partial charge in [-0.05, 0) is 61.3 Å². The maximum absolute atomic E-state index is 5.62. The third-order valence-electron chi connectivity index (χ3n) is 3.54. The second-order valence-electron chi connectivity index (χ2n) is 5.49. The van der Waals surface area contributed by atoms with Crippen LogP contribution in [0, 0.1) is 0 Å². The molecule has 5 nitrogen and oxygen atoms in total. The first-order chi connectivity index (χ1) is 11.3. The topological polar surface area (TPSA) is 54.9 Å². The number of unbranched alkanes of at least 4 members (excludes halogenated alkanes) is 1. The highest BCUT2D eigenvalue weighted by atomic mass is 32.1. The zero-order chi connectivity index (χ0) is 16.3. The predicted octanol–water partition coefficient (Wildman–Crippen LogP) is 2.84. The number of hydrogen-bond donors (Lipinski definition) is 2. The van der Waals surface area contributed by atoms with Crippen molar-refractivity contribution in [2.24, 2.45) is 5.10 Å². The molecule has 2 N–H and O–H groups in total. The summed E-state index contributed by atoms with van der Waals surface area (Å²) in [5, 5.41) is 7.75. The molecule has 0 bridgehead atoms. The lowest BCUT2D eigenvalue weighted by Gasteiger charge is -2.11. The molecule has 1 heterocycles.